The fraction of sp³-hybridized carbons (Fsp3) is 0.444. The van der Waals surface area contributed by atoms with Crippen LogP contribution in [0.5, 0.6) is 17.2 Å². The lowest BCUT2D eigenvalue weighted by molar-refractivity contribution is -0.122. The smallest absolute Gasteiger partial charge is 0.277 e. The van der Waals surface area contributed by atoms with Crippen molar-refractivity contribution in [1.29, 1.82) is 0 Å². The summed E-state index contributed by atoms with van der Waals surface area (Å²) in [7, 11) is 2.91. The van der Waals surface area contributed by atoms with Crippen molar-refractivity contribution in [1.82, 2.24) is 4.90 Å². The van der Waals surface area contributed by atoms with E-state index in [9.17, 15) is 9.90 Å². The van der Waals surface area contributed by atoms with Crippen LogP contribution in [0.1, 0.15) is 31.7 Å². The molecule has 7 heteroatoms. The normalized spacial score (nSPS) is 15.7. The molecule has 25 heavy (non-hydrogen) atoms. The highest BCUT2D eigenvalue weighted by Gasteiger charge is 2.27. The van der Waals surface area contributed by atoms with Crippen LogP contribution < -0.4 is 9.47 Å². The number of carbonyl (C=O) groups excluding carboxylic acids is 1. The number of aromatic hydroxyl groups is 1. The van der Waals surface area contributed by atoms with Gasteiger partial charge in [0.2, 0.25) is 5.75 Å². The van der Waals surface area contributed by atoms with E-state index >= 15 is 0 Å². The summed E-state index contributed by atoms with van der Waals surface area (Å²) in [6.45, 7) is 2.45. The van der Waals surface area contributed by atoms with E-state index in [2.05, 4.69) is 4.99 Å². The number of unbranched alkanes of at least 4 members (excludes halogenated alkanes) is 2. The van der Waals surface area contributed by atoms with Crippen molar-refractivity contribution < 1.29 is 19.4 Å². The number of aliphatic imine (C=N–C) groups is 1. The Labute approximate surface area is 152 Å². The van der Waals surface area contributed by atoms with E-state index in [1.165, 1.54) is 14.2 Å². The predicted molar refractivity (Wildman–Crippen MR) is 98.6 cm³/mol. The highest BCUT2D eigenvalue weighted by Crippen LogP contribution is 2.38. The van der Waals surface area contributed by atoms with E-state index in [0.717, 1.165) is 19.3 Å². The first-order valence-electron chi connectivity index (χ1n) is 8.11. The lowest BCUT2D eigenvalue weighted by Gasteiger charge is -2.15. The summed E-state index contributed by atoms with van der Waals surface area (Å²) in [6, 6.07) is 3.26. The number of hydrogen-bond acceptors (Lipinski definition) is 5. The van der Waals surface area contributed by atoms with E-state index < -0.39 is 0 Å². The maximum absolute atomic E-state index is 12.6. The molecule has 2 rings (SSSR count). The number of amidine groups is 1. The van der Waals surface area contributed by atoms with Gasteiger partial charge in [-0.15, -0.1) is 11.6 Å². The second kappa shape index (κ2) is 8.76. The first-order valence-corrected chi connectivity index (χ1v) is 8.65. The highest BCUT2D eigenvalue weighted by molar-refractivity contribution is 6.17. The summed E-state index contributed by atoms with van der Waals surface area (Å²) in [5.41, 5.74) is 1.01. The summed E-state index contributed by atoms with van der Waals surface area (Å²) in [5, 5.41) is 9.97. The molecule has 136 valence electrons. The monoisotopic (exact) mass is 366 g/mol. The first-order chi connectivity index (χ1) is 12.0. The third-order valence-electron chi connectivity index (χ3n) is 3.96. The molecule has 0 saturated carbocycles. The van der Waals surface area contributed by atoms with Crippen LogP contribution in [-0.2, 0) is 4.79 Å². The van der Waals surface area contributed by atoms with Gasteiger partial charge in [0.05, 0.1) is 14.2 Å². The van der Waals surface area contributed by atoms with Gasteiger partial charge in [0.25, 0.3) is 5.91 Å². The van der Waals surface area contributed by atoms with Crippen molar-refractivity contribution in [3.8, 4) is 17.2 Å². The van der Waals surface area contributed by atoms with Gasteiger partial charge in [0, 0.05) is 12.4 Å². The predicted octanol–water partition coefficient (Wildman–Crippen LogP) is 3.42. The van der Waals surface area contributed by atoms with Gasteiger partial charge < -0.3 is 14.6 Å². The number of halogens is 1. The summed E-state index contributed by atoms with van der Waals surface area (Å²) in [4.78, 5) is 18.6. The van der Waals surface area contributed by atoms with Gasteiger partial charge in [-0.1, -0.05) is 6.42 Å². The zero-order valence-electron chi connectivity index (χ0n) is 14.7. The van der Waals surface area contributed by atoms with E-state index in [4.69, 9.17) is 21.1 Å². The van der Waals surface area contributed by atoms with Crippen LogP contribution in [0.2, 0.25) is 0 Å². The molecule has 1 aromatic rings. The van der Waals surface area contributed by atoms with Crippen molar-refractivity contribution in [2.24, 2.45) is 4.99 Å². The second-order valence-corrected chi connectivity index (χ2v) is 6.05. The molecular weight excluding hydrogens is 344 g/mol. The quantitative estimate of drug-likeness (QED) is 0.434. The average Bonchev–Trinajstić information content (AvgIpc) is 2.87. The highest BCUT2D eigenvalue weighted by atomic mass is 35.5. The van der Waals surface area contributed by atoms with Gasteiger partial charge in [-0.3, -0.25) is 9.69 Å². The number of alkyl halides is 1. The Kier molecular flexibility index (Phi) is 6.70. The lowest BCUT2D eigenvalue weighted by atomic mass is 10.1. The van der Waals surface area contributed by atoms with Gasteiger partial charge in [-0.25, -0.2) is 4.99 Å². The Morgan fingerprint density at radius 1 is 1.20 bits per heavy atom. The van der Waals surface area contributed by atoms with E-state index in [0.29, 0.717) is 29.5 Å². The van der Waals surface area contributed by atoms with Crippen molar-refractivity contribution in [3.05, 3.63) is 23.4 Å². The Balaban J connectivity index is 2.20. The number of phenols is 1. The first kappa shape index (κ1) is 19.1. The molecule has 1 aromatic carbocycles. The van der Waals surface area contributed by atoms with Crippen LogP contribution in [0.15, 0.2) is 22.8 Å². The van der Waals surface area contributed by atoms with Crippen LogP contribution in [0.25, 0.3) is 6.08 Å². The largest absolute Gasteiger partial charge is 0.502 e. The number of phenolic OH excluding ortho intramolecular Hbond substituents is 1. The molecule has 0 fully saturated rings. The zero-order chi connectivity index (χ0) is 18.4. The van der Waals surface area contributed by atoms with Crippen molar-refractivity contribution in [2.75, 3.05) is 26.6 Å². The third-order valence-corrected chi connectivity index (χ3v) is 4.23. The molecular formula is C18H23ClN2O4. The molecule has 1 N–H and O–H groups in total. The van der Waals surface area contributed by atoms with Crippen LogP contribution in [0, 0.1) is 0 Å². The summed E-state index contributed by atoms with van der Waals surface area (Å²) in [6.07, 6.45) is 4.47. The SMILES string of the molecule is COc1cc(/C=C2\N=C(C)N(CCCCCCl)C2=O)cc(OC)c1O. The van der Waals surface area contributed by atoms with Gasteiger partial charge >= 0.3 is 0 Å². The van der Waals surface area contributed by atoms with Crippen LogP contribution in [0.3, 0.4) is 0 Å². The molecule has 0 aromatic heterocycles. The van der Waals surface area contributed by atoms with Gasteiger partial charge in [-0.05, 0) is 43.5 Å². The second-order valence-electron chi connectivity index (χ2n) is 5.67. The third kappa shape index (κ3) is 4.45. The van der Waals surface area contributed by atoms with Crippen LogP contribution in [0.4, 0.5) is 0 Å². The molecule has 0 saturated heterocycles. The number of rotatable bonds is 8. The number of hydrogen-bond donors (Lipinski definition) is 1. The number of amides is 1. The molecule has 0 atom stereocenters. The Morgan fingerprint density at radius 2 is 1.84 bits per heavy atom. The van der Waals surface area contributed by atoms with Crippen LogP contribution in [-0.4, -0.2) is 48.4 Å². The molecule has 1 heterocycles. The molecule has 1 amide bonds. The molecule has 1 aliphatic rings. The van der Waals surface area contributed by atoms with E-state index in [-0.39, 0.29) is 23.2 Å². The minimum Gasteiger partial charge on any atom is -0.502 e. The molecule has 0 unspecified atom stereocenters. The molecule has 0 spiro atoms. The minimum atomic E-state index is -0.130. The number of benzene rings is 1. The average molecular weight is 367 g/mol. The van der Waals surface area contributed by atoms with E-state index in [1.54, 1.807) is 23.1 Å². The number of nitrogens with zero attached hydrogens (tertiary/aromatic N) is 2. The summed E-state index contributed by atoms with van der Waals surface area (Å²) in [5.74, 6) is 1.65. The van der Waals surface area contributed by atoms with Gasteiger partial charge in [0.15, 0.2) is 11.5 Å². The topological polar surface area (TPSA) is 71.4 Å². The Hall–Kier alpha value is -2.21. The fourth-order valence-corrected chi connectivity index (χ4v) is 2.81. The standard InChI is InChI=1S/C18H23ClN2O4/c1-12-20-14(18(23)21(12)8-6-4-5-7-19)9-13-10-15(24-2)17(22)16(11-13)25-3/h9-11,22H,4-8H2,1-3H3/b14-9-. The fourth-order valence-electron chi connectivity index (χ4n) is 2.62. The minimum absolute atomic E-state index is 0.0782. The van der Waals surface area contributed by atoms with Gasteiger partial charge in [0.1, 0.15) is 11.5 Å². The number of methoxy groups -OCH3 is 2. The maximum atomic E-state index is 12.6. The Morgan fingerprint density at radius 3 is 2.40 bits per heavy atom. The number of carbonyl (C=O) groups is 1. The Bertz CT molecular complexity index is 675. The maximum Gasteiger partial charge on any atom is 0.277 e. The molecule has 6 nitrogen and oxygen atoms in total. The molecule has 0 aliphatic carbocycles. The zero-order valence-corrected chi connectivity index (χ0v) is 15.5. The summed E-state index contributed by atoms with van der Waals surface area (Å²) < 4.78 is 10.3. The van der Waals surface area contributed by atoms with Crippen LogP contribution >= 0.6 is 11.6 Å². The van der Waals surface area contributed by atoms with E-state index in [1.807, 2.05) is 6.92 Å². The van der Waals surface area contributed by atoms with Gasteiger partial charge in [-0.2, -0.15) is 0 Å². The summed E-state index contributed by atoms with van der Waals surface area (Å²) >= 11 is 5.68. The lowest BCUT2D eigenvalue weighted by Crippen LogP contribution is -2.31. The van der Waals surface area contributed by atoms with Crippen molar-refractivity contribution in [2.45, 2.75) is 26.2 Å². The molecule has 1 aliphatic heterocycles. The van der Waals surface area contributed by atoms with Crippen molar-refractivity contribution >= 4 is 29.4 Å². The molecule has 0 radical (unpaired) electrons. The number of ether oxygens (including phenoxy) is 2. The molecule has 0 bridgehead atoms. The van der Waals surface area contributed by atoms with Crippen molar-refractivity contribution in [3.63, 3.8) is 0 Å².